The van der Waals surface area contributed by atoms with E-state index in [9.17, 15) is 14.4 Å². The van der Waals surface area contributed by atoms with Gasteiger partial charge in [0.1, 0.15) is 6.54 Å². The summed E-state index contributed by atoms with van der Waals surface area (Å²) in [6.07, 6.45) is 0. The molecule has 0 atom stereocenters. The second-order valence-corrected chi connectivity index (χ2v) is 5.26. The number of anilines is 1. The fourth-order valence-corrected chi connectivity index (χ4v) is 2.56. The van der Waals surface area contributed by atoms with E-state index in [1.807, 2.05) is 37.3 Å². The highest BCUT2D eigenvalue weighted by Gasteiger charge is 2.38. The Morgan fingerprint density at radius 3 is 2.04 bits per heavy atom. The molecule has 122 valence electrons. The van der Waals surface area contributed by atoms with Crippen molar-refractivity contribution in [2.24, 2.45) is 0 Å². The predicted octanol–water partition coefficient (Wildman–Crippen LogP) is 2.27. The number of amides is 2. The predicted molar refractivity (Wildman–Crippen MR) is 87.4 cm³/mol. The van der Waals surface area contributed by atoms with Crippen LogP contribution in [0.4, 0.5) is 5.69 Å². The van der Waals surface area contributed by atoms with Gasteiger partial charge in [0, 0.05) is 12.2 Å². The molecule has 0 bridgehead atoms. The van der Waals surface area contributed by atoms with Crippen LogP contribution >= 0.6 is 0 Å². The lowest BCUT2D eigenvalue weighted by molar-refractivity contribution is -0.166. The number of para-hydroxylation sites is 1. The summed E-state index contributed by atoms with van der Waals surface area (Å²) in [5, 5.41) is 0.534. The Morgan fingerprint density at radius 2 is 1.50 bits per heavy atom. The van der Waals surface area contributed by atoms with Gasteiger partial charge in [-0.3, -0.25) is 9.59 Å². The quantitative estimate of drug-likeness (QED) is 0.789. The summed E-state index contributed by atoms with van der Waals surface area (Å²) in [5.74, 6) is -1.91. The Kier molecular flexibility index (Phi) is 4.29. The van der Waals surface area contributed by atoms with Crippen LogP contribution in [0.3, 0.4) is 0 Å². The van der Waals surface area contributed by atoms with Gasteiger partial charge in [-0.1, -0.05) is 35.4 Å². The molecule has 2 amide bonds. The monoisotopic (exact) mass is 324 g/mol. The Labute approximate surface area is 139 Å². The normalized spacial score (nSPS) is 13.0. The van der Waals surface area contributed by atoms with E-state index in [-0.39, 0.29) is 17.7 Å². The van der Waals surface area contributed by atoms with Crippen LogP contribution in [0.1, 0.15) is 27.6 Å². The Bertz CT molecular complexity index is 754. The van der Waals surface area contributed by atoms with Crippen LogP contribution < -0.4 is 4.90 Å². The topological polar surface area (TPSA) is 66.9 Å². The number of imide groups is 1. The highest BCUT2D eigenvalue weighted by molar-refractivity contribution is 6.20. The largest absolute Gasteiger partial charge is 0.361 e. The van der Waals surface area contributed by atoms with Gasteiger partial charge in [-0.15, -0.1) is 0 Å². The maximum Gasteiger partial charge on any atom is 0.352 e. The number of hydrogen-bond donors (Lipinski definition) is 0. The molecular weight excluding hydrogens is 308 g/mol. The zero-order valence-electron chi connectivity index (χ0n) is 13.1. The molecule has 0 unspecified atom stereocenters. The highest BCUT2D eigenvalue weighted by Crippen LogP contribution is 2.23. The van der Waals surface area contributed by atoms with Crippen molar-refractivity contribution in [2.45, 2.75) is 6.92 Å². The molecule has 3 rings (SSSR count). The van der Waals surface area contributed by atoms with E-state index in [1.165, 1.54) is 12.1 Å². The van der Waals surface area contributed by atoms with Crippen molar-refractivity contribution >= 4 is 23.5 Å². The number of nitrogens with zero attached hydrogens (tertiary/aromatic N) is 2. The first kappa shape index (κ1) is 15.7. The average Bonchev–Trinajstić information content (AvgIpc) is 2.86. The zero-order chi connectivity index (χ0) is 17.1. The summed E-state index contributed by atoms with van der Waals surface area (Å²) in [7, 11) is 0. The molecule has 0 fully saturated rings. The fourth-order valence-electron chi connectivity index (χ4n) is 2.56. The second kappa shape index (κ2) is 6.54. The Morgan fingerprint density at radius 1 is 0.958 bits per heavy atom. The van der Waals surface area contributed by atoms with E-state index in [2.05, 4.69) is 0 Å². The summed E-state index contributed by atoms with van der Waals surface area (Å²) in [6.45, 7) is 2.43. The van der Waals surface area contributed by atoms with Gasteiger partial charge in [0.05, 0.1) is 11.1 Å². The molecule has 0 aliphatic carbocycles. The molecule has 0 saturated carbocycles. The summed E-state index contributed by atoms with van der Waals surface area (Å²) < 4.78 is 0. The van der Waals surface area contributed by atoms with Gasteiger partial charge in [0.2, 0.25) is 0 Å². The molecule has 24 heavy (non-hydrogen) atoms. The second-order valence-electron chi connectivity index (χ2n) is 5.26. The summed E-state index contributed by atoms with van der Waals surface area (Å²) >= 11 is 0. The van der Waals surface area contributed by atoms with Gasteiger partial charge in [-0.2, -0.15) is 0 Å². The SMILES string of the molecule is CCN(CC(=O)ON1C(=O)c2ccccc2C1=O)c1ccccc1. The number of rotatable bonds is 5. The molecule has 1 aliphatic heterocycles. The maximum atomic E-state index is 12.2. The lowest BCUT2D eigenvalue weighted by atomic mass is 10.1. The third-order valence-electron chi connectivity index (χ3n) is 3.77. The average molecular weight is 324 g/mol. The van der Waals surface area contributed by atoms with Crippen LogP contribution in [0.2, 0.25) is 0 Å². The minimum absolute atomic E-state index is 0.0616. The van der Waals surface area contributed by atoms with Gasteiger partial charge in [0.15, 0.2) is 0 Å². The number of hydroxylamine groups is 2. The first-order valence-corrected chi connectivity index (χ1v) is 7.60. The third-order valence-corrected chi connectivity index (χ3v) is 3.77. The van der Waals surface area contributed by atoms with Crippen molar-refractivity contribution in [2.75, 3.05) is 18.0 Å². The van der Waals surface area contributed by atoms with Crippen molar-refractivity contribution in [1.29, 1.82) is 0 Å². The lowest BCUT2D eigenvalue weighted by Gasteiger charge is -2.22. The highest BCUT2D eigenvalue weighted by atomic mass is 16.7. The van der Waals surface area contributed by atoms with Crippen molar-refractivity contribution in [3.8, 4) is 0 Å². The number of carbonyl (C=O) groups is 3. The molecule has 0 aromatic heterocycles. The molecular formula is C18H16N2O4. The van der Waals surface area contributed by atoms with Crippen LogP contribution in [0.25, 0.3) is 0 Å². The van der Waals surface area contributed by atoms with E-state index >= 15 is 0 Å². The van der Waals surface area contributed by atoms with Crippen LogP contribution in [0, 0.1) is 0 Å². The zero-order valence-corrected chi connectivity index (χ0v) is 13.1. The van der Waals surface area contributed by atoms with E-state index in [0.717, 1.165) is 5.69 Å². The third kappa shape index (κ3) is 2.86. The molecule has 6 heteroatoms. The Balaban J connectivity index is 1.70. The number of benzene rings is 2. The standard InChI is InChI=1S/C18H16N2O4/c1-2-19(13-8-4-3-5-9-13)12-16(21)24-20-17(22)14-10-6-7-11-15(14)18(20)23/h3-11H,2,12H2,1H3. The summed E-state index contributed by atoms with van der Waals surface area (Å²) in [4.78, 5) is 43.4. The summed E-state index contributed by atoms with van der Waals surface area (Å²) in [5.41, 5.74) is 1.34. The van der Waals surface area contributed by atoms with Crippen molar-refractivity contribution in [3.05, 3.63) is 65.7 Å². The fraction of sp³-hybridized carbons (Fsp3) is 0.167. The van der Waals surface area contributed by atoms with Gasteiger partial charge in [-0.05, 0) is 31.2 Å². The van der Waals surface area contributed by atoms with E-state index < -0.39 is 17.8 Å². The number of hydrogen-bond acceptors (Lipinski definition) is 5. The van der Waals surface area contributed by atoms with E-state index in [0.29, 0.717) is 11.6 Å². The smallest absolute Gasteiger partial charge is 0.352 e. The van der Waals surface area contributed by atoms with Crippen LogP contribution in [0.5, 0.6) is 0 Å². The molecule has 2 aromatic rings. The molecule has 2 aromatic carbocycles. The summed E-state index contributed by atoms with van der Waals surface area (Å²) in [6, 6.07) is 15.7. The van der Waals surface area contributed by atoms with Crippen molar-refractivity contribution < 1.29 is 19.2 Å². The number of carbonyl (C=O) groups excluding carboxylic acids is 3. The molecule has 0 saturated heterocycles. The van der Waals surface area contributed by atoms with Crippen molar-refractivity contribution in [3.63, 3.8) is 0 Å². The molecule has 1 aliphatic rings. The van der Waals surface area contributed by atoms with Crippen molar-refractivity contribution in [1.82, 2.24) is 5.06 Å². The van der Waals surface area contributed by atoms with Gasteiger partial charge < -0.3 is 9.74 Å². The van der Waals surface area contributed by atoms with Gasteiger partial charge in [0.25, 0.3) is 11.8 Å². The first-order chi connectivity index (χ1) is 11.6. The molecule has 6 nitrogen and oxygen atoms in total. The van der Waals surface area contributed by atoms with Gasteiger partial charge >= 0.3 is 5.97 Å². The molecule has 1 heterocycles. The van der Waals surface area contributed by atoms with Crippen LogP contribution in [0.15, 0.2) is 54.6 Å². The van der Waals surface area contributed by atoms with Crippen LogP contribution in [-0.4, -0.2) is 35.9 Å². The van der Waals surface area contributed by atoms with E-state index in [1.54, 1.807) is 17.0 Å². The van der Waals surface area contributed by atoms with Gasteiger partial charge in [-0.25, -0.2) is 4.79 Å². The molecule has 0 radical (unpaired) electrons. The molecule has 0 N–H and O–H groups in total. The number of fused-ring (bicyclic) bond motifs is 1. The first-order valence-electron chi connectivity index (χ1n) is 7.60. The minimum Gasteiger partial charge on any atom is -0.361 e. The van der Waals surface area contributed by atoms with E-state index in [4.69, 9.17) is 4.84 Å². The lowest BCUT2D eigenvalue weighted by Crippen LogP contribution is -2.38. The minimum atomic E-state index is -0.671. The maximum absolute atomic E-state index is 12.2. The molecule has 0 spiro atoms. The Hall–Kier alpha value is -3.15. The van der Waals surface area contributed by atoms with Crippen LogP contribution in [-0.2, 0) is 9.63 Å². The number of likely N-dealkylation sites (N-methyl/N-ethyl adjacent to an activating group) is 1.